The monoisotopic (exact) mass is 310 g/mol. The number of hydrogen-bond donors (Lipinski definition) is 0. The Morgan fingerprint density at radius 3 is 2.16 bits per heavy atom. The Morgan fingerprint density at radius 2 is 1.79 bits per heavy atom. The highest BCUT2D eigenvalue weighted by atomic mass is 31.2. The first-order valence-corrected chi connectivity index (χ1v) is 11.2. The first kappa shape index (κ1) is 19.0. The number of carbonyl (C=O) groups is 1. The number of rotatable bonds is 7. The van der Waals surface area contributed by atoms with Crippen molar-refractivity contribution in [2.45, 2.75) is 51.9 Å². The Morgan fingerprint density at radius 1 is 1.32 bits per heavy atom. The van der Waals surface area contributed by atoms with Crippen LogP contribution in [-0.4, -0.2) is 40.6 Å². The van der Waals surface area contributed by atoms with Gasteiger partial charge in [0.2, 0.25) is 0 Å². The zero-order valence-electron chi connectivity index (χ0n) is 13.3. The highest BCUT2D eigenvalue weighted by Crippen LogP contribution is 2.42. The van der Waals surface area contributed by atoms with Crippen molar-refractivity contribution in [2.75, 3.05) is 20.4 Å². The van der Waals surface area contributed by atoms with Crippen LogP contribution in [0.15, 0.2) is 0 Å². The average molecular weight is 310 g/mol. The topological polar surface area (TPSA) is 61.8 Å². The molecule has 0 saturated carbocycles. The maximum Gasteiger partial charge on any atom is 0.327 e. The summed E-state index contributed by atoms with van der Waals surface area (Å²) in [6.45, 7) is 13.3. The van der Waals surface area contributed by atoms with Crippen LogP contribution >= 0.6 is 7.60 Å². The fourth-order valence-corrected chi connectivity index (χ4v) is 2.87. The zero-order valence-corrected chi connectivity index (χ0v) is 15.2. The van der Waals surface area contributed by atoms with E-state index in [0.29, 0.717) is 0 Å². The van der Waals surface area contributed by atoms with Gasteiger partial charge < -0.3 is 13.5 Å². The molecule has 0 N–H and O–H groups in total. The van der Waals surface area contributed by atoms with Gasteiger partial charge in [-0.05, 0) is 25.1 Å². The molecule has 0 saturated heterocycles. The normalized spacial score (nSPS) is 17.9. The summed E-state index contributed by atoms with van der Waals surface area (Å²) in [6, 6.07) is 0. The Bertz CT molecular complexity index is 362. The van der Waals surface area contributed by atoms with Crippen molar-refractivity contribution in [2.24, 2.45) is 0 Å². The molecule has 0 aromatic rings. The number of Topliss-reactive ketones (excluding diaryl/α,β-unsaturated/α-hetero) is 1. The van der Waals surface area contributed by atoms with Gasteiger partial charge in [-0.2, -0.15) is 0 Å². The number of hydrogen-bond acceptors (Lipinski definition) is 5. The smallest absolute Gasteiger partial charge is 0.327 e. The minimum absolute atomic E-state index is 0.0367. The van der Waals surface area contributed by atoms with Crippen LogP contribution < -0.4 is 0 Å². The lowest BCUT2D eigenvalue weighted by atomic mass is 10.2. The van der Waals surface area contributed by atoms with Crippen LogP contribution in [0.4, 0.5) is 0 Å². The van der Waals surface area contributed by atoms with Gasteiger partial charge in [0.25, 0.3) is 0 Å². The minimum atomic E-state index is -3.12. The minimum Gasteiger partial charge on any atom is -0.407 e. The van der Waals surface area contributed by atoms with Crippen LogP contribution in [0, 0.1) is 0 Å². The van der Waals surface area contributed by atoms with Gasteiger partial charge in [-0.25, -0.2) is 0 Å². The fraction of sp³-hybridized carbons (Fsp3) is 0.917. The van der Waals surface area contributed by atoms with Crippen molar-refractivity contribution in [3.8, 4) is 0 Å². The Kier molecular flexibility index (Phi) is 6.63. The van der Waals surface area contributed by atoms with Crippen molar-refractivity contribution in [3.63, 3.8) is 0 Å². The van der Waals surface area contributed by atoms with Crippen LogP contribution in [0.1, 0.15) is 27.7 Å². The fourth-order valence-electron chi connectivity index (χ4n) is 1.04. The molecule has 0 bridgehead atoms. The number of ketones is 1. The molecule has 0 rings (SSSR count). The highest BCUT2D eigenvalue weighted by Gasteiger charge is 2.39. The van der Waals surface area contributed by atoms with Crippen molar-refractivity contribution in [1.29, 1.82) is 0 Å². The first-order valence-electron chi connectivity index (χ1n) is 6.31. The molecule has 0 aromatic carbocycles. The van der Waals surface area contributed by atoms with Gasteiger partial charge >= 0.3 is 7.60 Å². The van der Waals surface area contributed by atoms with Crippen molar-refractivity contribution in [3.05, 3.63) is 0 Å². The van der Waals surface area contributed by atoms with Crippen LogP contribution in [-0.2, 0) is 22.8 Å². The summed E-state index contributed by atoms with van der Waals surface area (Å²) >= 11 is 0. The molecule has 0 spiro atoms. The largest absolute Gasteiger partial charge is 0.407 e. The van der Waals surface area contributed by atoms with E-state index in [1.165, 1.54) is 13.8 Å². The van der Waals surface area contributed by atoms with Gasteiger partial charge in [0, 0.05) is 13.8 Å². The first-order chi connectivity index (χ1) is 8.32. The van der Waals surface area contributed by atoms with Crippen molar-refractivity contribution in [1.82, 2.24) is 0 Å². The summed E-state index contributed by atoms with van der Waals surface area (Å²) in [4.78, 5) is 11.9. The van der Waals surface area contributed by atoms with E-state index >= 15 is 0 Å². The van der Waals surface area contributed by atoms with Crippen molar-refractivity contribution < 1.29 is 22.8 Å². The van der Waals surface area contributed by atoms with E-state index in [1.807, 2.05) is 0 Å². The molecule has 0 amide bonds. The molecule has 0 aliphatic carbocycles. The summed E-state index contributed by atoms with van der Waals surface area (Å²) in [5, 5.41) is 0.0367. The van der Waals surface area contributed by atoms with E-state index in [9.17, 15) is 9.36 Å². The molecule has 0 fully saturated rings. The van der Waals surface area contributed by atoms with Gasteiger partial charge in [-0.15, -0.1) is 0 Å². The van der Waals surface area contributed by atoms with Gasteiger partial charge in [0.05, 0.1) is 0 Å². The average Bonchev–Trinajstić information content (AvgIpc) is 2.23. The molecular formula is C12H27O5PSi. The van der Waals surface area contributed by atoms with Crippen LogP contribution in [0.3, 0.4) is 0 Å². The predicted octanol–water partition coefficient (Wildman–Crippen LogP) is 3.45. The summed E-state index contributed by atoms with van der Waals surface area (Å²) in [5.74, 6) is -0.219. The molecule has 0 aliphatic rings. The Hall–Kier alpha value is -0.00312. The zero-order chi connectivity index (χ0) is 15.5. The summed E-state index contributed by atoms with van der Waals surface area (Å²) < 4.78 is 27.1. The maximum atomic E-state index is 11.9. The Balaban J connectivity index is 4.49. The van der Waals surface area contributed by atoms with Crippen LogP contribution in [0.2, 0.25) is 18.1 Å². The Labute approximate surface area is 117 Å². The maximum absolute atomic E-state index is 11.9. The second-order valence-electron chi connectivity index (χ2n) is 6.21. The molecule has 0 heterocycles. The molecule has 114 valence electrons. The molecule has 19 heavy (non-hydrogen) atoms. The van der Waals surface area contributed by atoms with Crippen LogP contribution in [0.25, 0.3) is 0 Å². The van der Waals surface area contributed by atoms with E-state index < -0.39 is 22.0 Å². The SMILES string of the molecule is COP(C)(=O)OCC(=O)C(C)O[Si](C)(C)C(C)(C)C. The number of carbonyl (C=O) groups excluding carboxylic acids is 1. The molecule has 7 heteroatoms. The van der Waals surface area contributed by atoms with Gasteiger partial charge in [-0.3, -0.25) is 9.36 Å². The molecule has 0 aliphatic heterocycles. The highest BCUT2D eigenvalue weighted by molar-refractivity contribution is 7.52. The second kappa shape index (κ2) is 6.63. The lowest BCUT2D eigenvalue weighted by Gasteiger charge is -2.38. The van der Waals surface area contributed by atoms with E-state index in [4.69, 9.17) is 8.95 Å². The summed E-state index contributed by atoms with van der Waals surface area (Å²) in [6.07, 6.45) is -0.558. The molecule has 2 atom stereocenters. The quantitative estimate of drug-likeness (QED) is 0.532. The molecule has 0 aromatic heterocycles. The van der Waals surface area contributed by atoms with E-state index in [0.717, 1.165) is 0 Å². The molecule has 2 unspecified atom stereocenters. The van der Waals surface area contributed by atoms with Gasteiger partial charge in [-0.1, -0.05) is 20.8 Å². The molecule has 0 radical (unpaired) electrons. The third-order valence-electron chi connectivity index (χ3n) is 3.50. The standard InChI is InChI=1S/C12H27O5PSi/c1-10(17-19(7,8)12(2,3)4)11(13)9-16-18(6,14)15-5/h10H,9H2,1-8H3. The third kappa shape index (κ3) is 6.32. The van der Waals surface area contributed by atoms with Crippen molar-refractivity contribution >= 4 is 21.7 Å². The van der Waals surface area contributed by atoms with E-state index in [2.05, 4.69) is 38.4 Å². The molecular weight excluding hydrogens is 283 g/mol. The molecule has 5 nitrogen and oxygen atoms in total. The van der Waals surface area contributed by atoms with E-state index in [-0.39, 0.29) is 17.4 Å². The summed E-state index contributed by atoms with van der Waals surface area (Å²) in [7, 11) is -3.81. The van der Waals surface area contributed by atoms with Gasteiger partial charge in [0.1, 0.15) is 12.7 Å². The lowest BCUT2D eigenvalue weighted by Crippen LogP contribution is -2.45. The van der Waals surface area contributed by atoms with Crippen LogP contribution in [0.5, 0.6) is 0 Å². The van der Waals surface area contributed by atoms with Gasteiger partial charge in [0.15, 0.2) is 14.1 Å². The summed E-state index contributed by atoms with van der Waals surface area (Å²) in [5.41, 5.74) is 0. The van der Waals surface area contributed by atoms with E-state index in [1.54, 1.807) is 6.92 Å². The third-order valence-corrected chi connectivity index (χ3v) is 9.32. The predicted molar refractivity (Wildman–Crippen MR) is 79.2 cm³/mol. The second-order valence-corrected chi connectivity index (χ2v) is 13.1. The lowest BCUT2D eigenvalue weighted by molar-refractivity contribution is -0.127.